The van der Waals surface area contributed by atoms with Crippen molar-refractivity contribution in [3.05, 3.63) is 0 Å². The first-order valence-electron chi connectivity index (χ1n) is 31.5. The number of ketones is 1. The Morgan fingerprint density at radius 3 is 1.09 bits per heavy atom. The maximum Gasteiger partial charge on any atom is 0.313 e. The highest BCUT2D eigenvalue weighted by Gasteiger charge is 2.55. The van der Waals surface area contributed by atoms with E-state index in [0.717, 1.165) is 112 Å². The van der Waals surface area contributed by atoms with E-state index in [1.807, 2.05) is 83.1 Å². The van der Waals surface area contributed by atoms with Gasteiger partial charge in [-0.3, -0.25) is 24.0 Å². The quantitative estimate of drug-likeness (QED) is 0.0463. The van der Waals surface area contributed by atoms with Crippen molar-refractivity contribution in [3.8, 4) is 0 Å². The summed E-state index contributed by atoms with van der Waals surface area (Å²) in [5.41, 5.74) is -1.25. The second kappa shape index (κ2) is 42.7. The molecule has 90 heavy (non-hydrogen) atoms. The van der Waals surface area contributed by atoms with E-state index in [1.165, 1.54) is 96.3 Å². The lowest BCUT2D eigenvalue weighted by Crippen LogP contribution is -2.55. The first-order chi connectivity index (χ1) is 36.9. The van der Waals surface area contributed by atoms with Gasteiger partial charge < -0.3 is 37.9 Å². The summed E-state index contributed by atoms with van der Waals surface area (Å²) in [5.74, 6) is 7.49. The van der Waals surface area contributed by atoms with Gasteiger partial charge in [0, 0.05) is 11.8 Å². The molecule has 0 spiro atoms. The number of hydrogen-bond acceptors (Lipinski definition) is 13. The molecule has 13 rings (SSSR count). The normalized spacial score (nSPS) is 29.6. The highest BCUT2D eigenvalue weighted by atomic mass is 16.7. The third kappa shape index (κ3) is 25.5. The minimum atomic E-state index is -0.469. The van der Waals surface area contributed by atoms with Crippen molar-refractivity contribution in [1.29, 1.82) is 0 Å². The molecule has 0 saturated heterocycles. The van der Waals surface area contributed by atoms with Crippen LogP contribution in [0.3, 0.4) is 0 Å². The van der Waals surface area contributed by atoms with E-state index in [0.29, 0.717) is 29.3 Å². The molecule has 5 atom stereocenters. The van der Waals surface area contributed by atoms with Crippen LogP contribution in [0, 0.1) is 92.2 Å². The van der Waals surface area contributed by atoms with Crippen LogP contribution in [0.1, 0.15) is 326 Å². The first-order valence-corrected chi connectivity index (χ1v) is 31.5. The average molecular weight is 1290 g/mol. The number of carbonyl (C=O) groups excluding carboxylic acids is 5. The lowest BCUT2D eigenvalue weighted by Gasteiger charge is -2.56. The van der Waals surface area contributed by atoms with Crippen molar-refractivity contribution < 1.29 is 61.9 Å². The predicted octanol–water partition coefficient (Wildman–Crippen LogP) is 21.8. The van der Waals surface area contributed by atoms with E-state index >= 15 is 0 Å². The SMILES string of the molecule is C.C.C.C.C.C.C.C.C.C.C.C.CCC(C)(C)C(=O)OCOC1C2CC3CC(C2)C(=O)C1C3.CCC(C)(C)C(=O)OCOC1C2CC3CC(C2)CC1C3.CCC(C)(C)C(=O)OCOC1CCCCC1.CCC(C)(C)C(=O)OCOCC12CC3CC(CC(C3)C1)C2. The third-order valence-electron chi connectivity index (χ3n) is 21.7. The van der Waals surface area contributed by atoms with Gasteiger partial charge in [-0.05, 0) is 249 Å². The van der Waals surface area contributed by atoms with Crippen LogP contribution in [0.5, 0.6) is 0 Å². The first kappa shape index (κ1) is 98.5. The zero-order valence-corrected chi connectivity index (χ0v) is 50.9. The summed E-state index contributed by atoms with van der Waals surface area (Å²) in [6, 6.07) is 0. The molecule has 542 valence electrons. The van der Waals surface area contributed by atoms with Gasteiger partial charge in [-0.1, -0.05) is 136 Å². The van der Waals surface area contributed by atoms with Crippen LogP contribution in [0.25, 0.3) is 0 Å². The van der Waals surface area contributed by atoms with Crippen molar-refractivity contribution in [2.24, 2.45) is 92.2 Å². The van der Waals surface area contributed by atoms with Gasteiger partial charge in [0.05, 0.1) is 46.6 Å². The van der Waals surface area contributed by atoms with Gasteiger partial charge in [-0.2, -0.15) is 0 Å². The maximum absolute atomic E-state index is 12.3. The zero-order chi connectivity index (χ0) is 56.6. The molecular weight excluding hydrogens is 1130 g/mol. The Balaban J connectivity index is -0.000000251. The summed E-state index contributed by atoms with van der Waals surface area (Å²) in [4.78, 5) is 59.7. The second-order valence-electron chi connectivity index (χ2n) is 29.3. The van der Waals surface area contributed by atoms with Crippen LogP contribution in [0.15, 0.2) is 0 Å². The van der Waals surface area contributed by atoms with Gasteiger partial charge in [-0.15, -0.1) is 0 Å². The van der Waals surface area contributed by atoms with Gasteiger partial charge >= 0.3 is 23.9 Å². The van der Waals surface area contributed by atoms with Gasteiger partial charge in [-0.25, -0.2) is 0 Å². The molecule has 13 heteroatoms. The minimum Gasteiger partial charge on any atom is -0.438 e. The van der Waals surface area contributed by atoms with Crippen molar-refractivity contribution in [1.82, 2.24) is 0 Å². The molecular formula is C77H156O13. The Morgan fingerprint density at radius 1 is 0.389 bits per heavy atom. The van der Waals surface area contributed by atoms with Crippen molar-refractivity contribution in [2.75, 3.05) is 33.8 Å². The molecule has 13 aliphatic carbocycles. The fraction of sp³-hybridized carbons (Fsp3) is 0.935. The lowest BCUT2D eigenvalue weighted by molar-refractivity contribution is -0.194. The summed E-state index contributed by atoms with van der Waals surface area (Å²) in [7, 11) is 0. The van der Waals surface area contributed by atoms with E-state index in [-0.39, 0.29) is 158 Å². The summed E-state index contributed by atoms with van der Waals surface area (Å²) in [6.07, 6.45) is 29.2. The molecule has 0 aromatic heterocycles. The van der Waals surface area contributed by atoms with Crippen molar-refractivity contribution in [2.45, 2.75) is 345 Å². The molecule has 0 N–H and O–H groups in total. The molecule has 12 bridgehead atoms. The van der Waals surface area contributed by atoms with Crippen LogP contribution in [-0.2, 0) is 61.9 Å². The van der Waals surface area contributed by atoms with Crippen molar-refractivity contribution in [3.63, 3.8) is 0 Å². The smallest absolute Gasteiger partial charge is 0.313 e. The highest BCUT2D eigenvalue weighted by Crippen LogP contribution is 2.60. The fourth-order valence-electron chi connectivity index (χ4n) is 15.9. The average Bonchev–Trinajstić information content (AvgIpc) is 0.819. The van der Waals surface area contributed by atoms with Crippen LogP contribution < -0.4 is 0 Å². The van der Waals surface area contributed by atoms with Gasteiger partial charge in [0.2, 0.25) is 0 Å². The highest BCUT2D eigenvalue weighted by molar-refractivity contribution is 5.86. The molecule has 0 aromatic carbocycles. The number of carbonyl (C=O) groups is 5. The fourth-order valence-corrected chi connectivity index (χ4v) is 15.9. The maximum atomic E-state index is 12.3. The van der Waals surface area contributed by atoms with E-state index in [1.54, 1.807) is 0 Å². The van der Waals surface area contributed by atoms with Crippen molar-refractivity contribution >= 4 is 29.7 Å². The Morgan fingerprint density at radius 2 is 0.711 bits per heavy atom. The molecule has 13 nitrogen and oxygen atoms in total. The van der Waals surface area contributed by atoms with Crippen LogP contribution in [0.2, 0.25) is 0 Å². The lowest BCUT2D eigenvalue weighted by atomic mass is 9.50. The Hall–Kier alpha value is -2.61. The summed E-state index contributed by atoms with van der Waals surface area (Å²) in [6.45, 7) is 24.4. The third-order valence-corrected chi connectivity index (χ3v) is 21.7. The van der Waals surface area contributed by atoms with Gasteiger partial charge in [0.15, 0.2) is 27.2 Å². The van der Waals surface area contributed by atoms with Gasteiger partial charge in [0.1, 0.15) is 5.78 Å². The number of ether oxygens (including phenoxy) is 8. The van der Waals surface area contributed by atoms with E-state index < -0.39 is 21.7 Å². The van der Waals surface area contributed by atoms with Crippen LogP contribution >= 0.6 is 0 Å². The van der Waals surface area contributed by atoms with E-state index in [2.05, 4.69) is 0 Å². The minimum absolute atomic E-state index is 0. The standard InChI is InChI=1S/C18H30O3.C17H26O4.C17H28O3.C13H24O3.12CH4/c1-4-17(2,3)16(19)21-12-20-11-18-8-13-5-14(9-18)7-15(6-13)10-18;1-4-17(2,3)16(19)21-9-20-15-12-6-10-5-11(8-12)14(18)13(15)7-10;1-4-17(2,3)16(18)20-10-19-15-13-6-11-5-12(8-13)9-14(15)7-11;1-4-13(2,3)12(14)16-10-15-11-8-6-5-7-9-11;;;;;;;;;;;;/h13-15H,4-12H2,1-3H3;10-13,15H,4-9H2,1-3H3;11-15H,4-10H2,1-3H3;11H,4-10H2,1-3H3;12*1H4. The molecule has 5 unspecified atom stereocenters. The number of esters is 4. The molecule has 0 amide bonds. The number of hydrogen-bond donors (Lipinski definition) is 0. The molecule has 0 aliphatic heterocycles. The Kier molecular flexibility index (Phi) is 46.8. The molecule has 13 aliphatic rings. The molecule has 0 radical (unpaired) electrons. The largest absolute Gasteiger partial charge is 0.438 e. The van der Waals surface area contributed by atoms with Crippen LogP contribution in [-0.4, -0.2) is 81.8 Å². The van der Waals surface area contributed by atoms with Gasteiger partial charge in [0.25, 0.3) is 0 Å². The Bertz CT molecular complexity index is 1920. The molecule has 13 fully saturated rings. The molecule has 0 heterocycles. The molecule has 0 aromatic rings. The van der Waals surface area contributed by atoms with Crippen LogP contribution in [0.4, 0.5) is 0 Å². The molecule has 13 saturated carbocycles. The predicted molar refractivity (Wildman–Crippen MR) is 380 cm³/mol. The summed E-state index contributed by atoms with van der Waals surface area (Å²) < 4.78 is 44.2. The summed E-state index contributed by atoms with van der Waals surface area (Å²) in [5, 5.41) is 0. The topological polar surface area (TPSA) is 159 Å². The zero-order valence-electron chi connectivity index (χ0n) is 50.9. The second-order valence-corrected chi connectivity index (χ2v) is 29.3. The number of Topliss-reactive ketones (excluding diaryl/α,β-unsaturated/α-hetero) is 1. The van der Waals surface area contributed by atoms with E-state index in [4.69, 9.17) is 37.9 Å². The summed E-state index contributed by atoms with van der Waals surface area (Å²) >= 11 is 0. The Labute approximate surface area is 559 Å². The van der Waals surface area contributed by atoms with E-state index in [9.17, 15) is 24.0 Å². The number of rotatable bonds is 21. The monoisotopic (exact) mass is 1290 g/mol.